The Bertz CT molecular complexity index is 475. The highest BCUT2D eigenvalue weighted by molar-refractivity contribution is 6.31. The number of rotatable bonds is 4. The third kappa shape index (κ3) is 3.91. The number of hydrogen-bond donors (Lipinski definition) is 2. The standard InChI is InChI=1S/C14H19ClFN3O/c15-10-1-2-13(16)12(9-10)14(20)18-11-3-6-19(7-4-11)8-5-17/h1-2,9,11H,3-8,17H2,(H,18,20). The molecule has 4 nitrogen and oxygen atoms in total. The zero-order valence-electron chi connectivity index (χ0n) is 11.2. The van der Waals surface area contributed by atoms with Gasteiger partial charge in [-0.1, -0.05) is 11.6 Å². The van der Waals surface area contributed by atoms with Crippen molar-refractivity contribution in [2.75, 3.05) is 26.2 Å². The fraction of sp³-hybridized carbons (Fsp3) is 0.500. The maximum atomic E-state index is 13.6. The number of carbonyl (C=O) groups is 1. The van der Waals surface area contributed by atoms with E-state index < -0.39 is 11.7 Å². The molecule has 0 spiro atoms. The normalized spacial score (nSPS) is 17.1. The Morgan fingerprint density at radius 2 is 2.15 bits per heavy atom. The Kier molecular flexibility index (Phi) is 5.34. The van der Waals surface area contributed by atoms with Gasteiger partial charge in [-0.05, 0) is 31.0 Å². The van der Waals surface area contributed by atoms with Crippen LogP contribution >= 0.6 is 11.6 Å². The largest absolute Gasteiger partial charge is 0.349 e. The molecule has 6 heteroatoms. The molecule has 3 N–H and O–H groups in total. The first kappa shape index (κ1) is 15.2. The number of carbonyl (C=O) groups excluding carboxylic acids is 1. The molecule has 20 heavy (non-hydrogen) atoms. The van der Waals surface area contributed by atoms with Gasteiger partial charge in [-0.2, -0.15) is 0 Å². The van der Waals surface area contributed by atoms with E-state index in [1.54, 1.807) is 0 Å². The Hall–Kier alpha value is -1.17. The molecule has 0 radical (unpaired) electrons. The van der Waals surface area contributed by atoms with E-state index in [4.69, 9.17) is 17.3 Å². The highest BCUT2D eigenvalue weighted by Crippen LogP contribution is 2.16. The average Bonchev–Trinajstić information content (AvgIpc) is 2.44. The van der Waals surface area contributed by atoms with E-state index in [9.17, 15) is 9.18 Å². The van der Waals surface area contributed by atoms with Crippen molar-refractivity contribution in [3.63, 3.8) is 0 Å². The fourth-order valence-electron chi connectivity index (χ4n) is 2.42. The van der Waals surface area contributed by atoms with Crippen LogP contribution in [0.5, 0.6) is 0 Å². The summed E-state index contributed by atoms with van der Waals surface area (Å²) >= 11 is 5.79. The van der Waals surface area contributed by atoms with E-state index in [1.807, 2.05) is 0 Å². The van der Waals surface area contributed by atoms with Crippen LogP contribution in [0.4, 0.5) is 4.39 Å². The Balaban J connectivity index is 1.91. The smallest absolute Gasteiger partial charge is 0.254 e. The summed E-state index contributed by atoms with van der Waals surface area (Å²) in [6, 6.07) is 4.07. The molecule has 110 valence electrons. The first-order chi connectivity index (χ1) is 9.60. The molecule has 0 atom stereocenters. The summed E-state index contributed by atoms with van der Waals surface area (Å²) in [4.78, 5) is 14.3. The van der Waals surface area contributed by atoms with Crippen LogP contribution in [0.15, 0.2) is 18.2 Å². The van der Waals surface area contributed by atoms with Gasteiger partial charge in [0, 0.05) is 37.2 Å². The number of halogens is 2. The lowest BCUT2D eigenvalue weighted by atomic mass is 10.0. The Morgan fingerprint density at radius 3 is 2.80 bits per heavy atom. The number of nitrogens with two attached hydrogens (primary N) is 1. The highest BCUT2D eigenvalue weighted by Gasteiger charge is 2.21. The van der Waals surface area contributed by atoms with E-state index in [0.29, 0.717) is 11.6 Å². The van der Waals surface area contributed by atoms with Gasteiger partial charge in [0.25, 0.3) is 5.91 Å². The molecule has 1 aromatic rings. The van der Waals surface area contributed by atoms with Crippen molar-refractivity contribution in [1.29, 1.82) is 0 Å². The Labute approximate surface area is 123 Å². The predicted octanol–water partition coefficient (Wildman–Crippen LogP) is 1.63. The second-order valence-electron chi connectivity index (χ2n) is 5.00. The first-order valence-corrected chi connectivity index (χ1v) is 7.16. The van der Waals surface area contributed by atoms with E-state index in [1.165, 1.54) is 18.2 Å². The molecule has 1 aliphatic heterocycles. The zero-order valence-corrected chi connectivity index (χ0v) is 12.0. The number of piperidine rings is 1. The van der Waals surface area contributed by atoms with E-state index in [0.717, 1.165) is 32.5 Å². The third-order valence-corrected chi connectivity index (χ3v) is 3.78. The molecule has 1 amide bonds. The number of likely N-dealkylation sites (tertiary alicyclic amines) is 1. The molecule has 1 fully saturated rings. The van der Waals surface area contributed by atoms with Gasteiger partial charge in [0.1, 0.15) is 5.82 Å². The molecular formula is C14H19ClFN3O. The topological polar surface area (TPSA) is 58.4 Å². The summed E-state index contributed by atoms with van der Waals surface area (Å²) in [7, 11) is 0. The van der Waals surface area contributed by atoms with Crippen LogP contribution in [0.3, 0.4) is 0 Å². The molecule has 1 aromatic carbocycles. The van der Waals surface area contributed by atoms with Crippen LogP contribution in [-0.2, 0) is 0 Å². The number of benzene rings is 1. The maximum Gasteiger partial charge on any atom is 0.254 e. The first-order valence-electron chi connectivity index (χ1n) is 6.78. The van der Waals surface area contributed by atoms with Crippen molar-refractivity contribution in [1.82, 2.24) is 10.2 Å². The van der Waals surface area contributed by atoms with E-state index in [-0.39, 0.29) is 11.6 Å². The third-order valence-electron chi connectivity index (χ3n) is 3.54. The second kappa shape index (κ2) is 7.02. The van der Waals surface area contributed by atoms with Gasteiger partial charge in [-0.25, -0.2) is 4.39 Å². The van der Waals surface area contributed by atoms with Crippen molar-refractivity contribution in [2.45, 2.75) is 18.9 Å². The summed E-state index contributed by atoms with van der Waals surface area (Å²) in [5.74, 6) is -0.949. The lowest BCUT2D eigenvalue weighted by molar-refractivity contribution is 0.0908. The van der Waals surface area contributed by atoms with Crippen LogP contribution < -0.4 is 11.1 Å². The van der Waals surface area contributed by atoms with Crippen molar-refractivity contribution >= 4 is 17.5 Å². The molecule has 0 saturated carbocycles. The molecule has 2 rings (SSSR count). The molecule has 0 bridgehead atoms. The number of amides is 1. The van der Waals surface area contributed by atoms with Gasteiger partial charge in [0.2, 0.25) is 0 Å². The summed E-state index contributed by atoms with van der Waals surface area (Å²) < 4.78 is 13.6. The predicted molar refractivity (Wildman–Crippen MR) is 77.4 cm³/mol. The van der Waals surface area contributed by atoms with Gasteiger partial charge in [-0.3, -0.25) is 4.79 Å². The van der Waals surface area contributed by atoms with Crippen LogP contribution in [0.2, 0.25) is 5.02 Å². The van der Waals surface area contributed by atoms with Crippen molar-refractivity contribution in [3.8, 4) is 0 Å². The summed E-state index contributed by atoms with van der Waals surface area (Å²) in [5, 5.41) is 3.23. The molecule has 0 aliphatic carbocycles. The SMILES string of the molecule is NCCN1CCC(NC(=O)c2cc(Cl)ccc2F)CC1. The molecule has 1 saturated heterocycles. The van der Waals surface area contributed by atoms with Gasteiger partial charge in [-0.15, -0.1) is 0 Å². The van der Waals surface area contributed by atoms with Gasteiger partial charge < -0.3 is 16.0 Å². The summed E-state index contributed by atoms with van der Waals surface area (Å²) in [5.41, 5.74) is 5.52. The maximum absolute atomic E-state index is 13.6. The van der Waals surface area contributed by atoms with E-state index >= 15 is 0 Å². The number of nitrogens with one attached hydrogen (secondary N) is 1. The van der Waals surface area contributed by atoms with Gasteiger partial charge in [0.05, 0.1) is 5.56 Å². The minimum atomic E-state index is -0.549. The average molecular weight is 300 g/mol. The fourth-order valence-corrected chi connectivity index (χ4v) is 2.59. The minimum Gasteiger partial charge on any atom is -0.349 e. The Morgan fingerprint density at radius 1 is 1.45 bits per heavy atom. The summed E-state index contributed by atoms with van der Waals surface area (Å²) in [6.07, 6.45) is 1.71. The lowest BCUT2D eigenvalue weighted by Crippen LogP contribution is -2.45. The zero-order chi connectivity index (χ0) is 14.5. The lowest BCUT2D eigenvalue weighted by Gasteiger charge is -2.32. The quantitative estimate of drug-likeness (QED) is 0.888. The monoisotopic (exact) mass is 299 g/mol. The van der Waals surface area contributed by atoms with Gasteiger partial charge >= 0.3 is 0 Å². The van der Waals surface area contributed by atoms with Crippen molar-refractivity contribution in [2.24, 2.45) is 5.73 Å². The van der Waals surface area contributed by atoms with Crippen LogP contribution in [0.25, 0.3) is 0 Å². The minimum absolute atomic E-state index is 0.00175. The van der Waals surface area contributed by atoms with Crippen LogP contribution in [-0.4, -0.2) is 43.0 Å². The van der Waals surface area contributed by atoms with Crippen molar-refractivity contribution < 1.29 is 9.18 Å². The summed E-state index contributed by atoms with van der Waals surface area (Å²) in [6.45, 7) is 3.33. The van der Waals surface area contributed by atoms with Crippen molar-refractivity contribution in [3.05, 3.63) is 34.6 Å². The van der Waals surface area contributed by atoms with E-state index in [2.05, 4.69) is 10.2 Å². The molecular weight excluding hydrogens is 281 g/mol. The van der Waals surface area contributed by atoms with Crippen LogP contribution in [0.1, 0.15) is 23.2 Å². The second-order valence-corrected chi connectivity index (χ2v) is 5.44. The van der Waals surface area contributed by atoms with Gasteiger partial charge in [0.15, 0.2) is 0 Å². The molecule has 1 aliphatic rings. The number of nitrogens with zero attached hydrogens (tertiary/aromatic N) is 1. The van der Waals surface area contributed by atoms with Crippen LogP contribution in [0, 0.1) is 5.82 Å². The number of hydrogen-bond acceptors (Lipinski definition) is 3. The molecule has 1 heterocycles. The highest BCUT2D eigenvalue weighted by atomic mass is 35.5. The molecule has 0 aromatic heterocycles. The molecule has 0 unspecified atom stereocenters.